The average Bonchev–Trinajstić information content (AvgIpc) is 3.17. The predicted molar refractivity (Wildman–Crippen MR) is 99.5 cm³/mol. The van der Waals surface area contributed by atoms with Gasteiger partial charge in [0.1, 0.15) is 5.01 Å². The third kappa shape index (κ3) is 3.74. The van der Waals surface area contributed by atoms with E-state index in [0.29, 0.717) is 11.0 Å². The minimum atomic E-state index is -0.0946. The molecule has 1 aromatic carbocycles. The lowest BCUT2D eigenvalue weighted by atomic mass is 10.2. The molecule has 1 N–H and O–H groups in total. The summed E-state index contributed by atoms with van der Waals surface area (Å²) in [6.07, 6.45) is 6.02. The highest BCUT2D eigenvalue weighted by Crippen LogP contribution is 2.42. The summed E-state index contributed by atoms with van der Waals surface area (Å²) < 4.78 is 2.00. The first-order valence-electron chi connectivity index (χ1n) is 8.06. The van der Waals surface area contributed by atoms with Crippen LogP contribution in [0.4, 0.5) is 5.13 Å². The highest BCUT2D eigenvalue weighted by molar-refractivity contribution is 7.99. The van der Waals surface area contributed by atoms with Crippen molar-refractivity contribution in [2.24, 2.45) is 0 Å². The van der Waals surface area contributed by atoms with Gasteiger partial charge >= 0.3 is 0 Å². The van der Waals surface area contributed by atoms with Crippen LogP contribution in [-0.2, 0) is 4.79 Å². The molecule has 0 spiro atoms. The van der Waals surface area contributed by atoms with Crippen molar-refractivity contribution in [1.29, 1.82) is 0 Å². The van der Waals surface area contributed by atoms with Crippen molar-refractivity contribution in [3.05, 3.63) is 47.2 Å². The van der Waals surface area contributed by atoms with Crippen LogP contribution in [-0.4, -0.2) is 31.4 Å². The van der Waals surface area contributed by atoms with E-state index in [1.54, 1.807) is 6.20 Å². The molecule has 2 heterocycles. The topological polar surface area (TPSA) is 72.7 Å². The Hall–Kier alpha value is -2.19. The van der Waals surface area contributed by atoms with Gasteiger partial charge in [-0.05, 0) is 31.4 Å². The Labute approximate surface area is 153 Å². The van der Waals surface area contributed by atoms with Gasteiger partial charge in [-0.25, -0.2) is 4.98 Å². The molecule has 0 atom stereocenters. The average molecular weight is 371 g/mol. The van der Waals surface area contributed by atoms with E-state index in [0.717, 1.165) is 21.4 Å². The molecule has 1 fully saturated rings. The second-order valence-electron chi connectivity index (χ2n) is 5.92. The van der Waals surface area contributed by atoms with E-state index in [2.05, 4.69) is 33.5 Å². The number of nitrogens with zero attached hydrogens (tertiary/aromatic N) is 4. The molecule has 3 aromatic rings. The number of nitrogens with one attached hydrogen (secondary N) is 1. The molecule has 0 saturated heterocycles. The third-order valence-corrected chi connectivity index (χ3v) is 5.90. The minimum absolute atomic E-state index is 0.0946. The summed E-state index contributed by atoms with van der Waals surface area (Å²) in [7, 11) is 0. The van der Waals surface area contributed by atoms with Crippen molar-refractivity contribution in [2.45, 2.75) is 30.8 Å². The zero-order chi connectivity index (χ0) is 17.2. The summed E-state index contributed by atoms with van der Waals surface area (Å²) in [6.45, 7) is 2.06. The molecule has 0 radical (unpaired) electrons. The van der Waals surface area contributed by atoms with Crippen LogP contribution in [0.3, 0.4) is 0 Å². The molecule has 0 unspecified atom stereocenters. The van der Waals surface area contributed by atoms with E-state index in [9.17, 15) is 4.79 Å². The highest BCUT2D eigenvalue weighted by atomic mass is 32.2. The molecule has 128 valence electrons. The number of aryl methyl sites for hydroxylation is 1. The van der Waals surface area contributed by atoms with E-state index in [1.165, 1.54) is 35.9 Å². The fourth-order valence-electron chi connectivity index (χ4n) is 2.48. The Balaban J connectivity index is 1.39. The summed E-state index contributed by atoms with van der Waals surface area (Å²) >= 11 is 2.88. The van der Waals surface area contributed by atoms with Gasteiger partial charge in [0.05, 0.1) is 11.4 Å². The van der Waals surface area contributed by atoms with E-state index in [1.807, 2.05) is 29.0 Å². The summed E-state index contributed by atoms with van der Waals surface area (Å²) in [4.78, 5) is 16.6. The Morgan fingerprint density at radius 1 is 1.36 bits per heavy atom. The summed E-state index contributed by atoms with van der Waals surface area (Å²) in [5, 5.41) is 13.4. The number of carbonyl (C=O) groups excluding carboxylic acids is 1. The van der Waals surface area contributed by atoms with Crippen molar-refractivity contribution >= 4 is 34.1 Å². The first-order chi connectivity index (χ1) is 12.2. The second kappa shape index (κ2) is 6.97. The number of anilines is 1. The normalized spacial score (nSPS) is 13.8. The zero-order valence-corrected chi connectivity index (χ0v) is 15.3. The number of benzene rings is 1. The Morgan fingerprint density at radius 3 is 3.00 bits per heavy atom. The standard InChI is InChI=1S/C17H17N5OS2/c1-11-4-2-3-5-13(11)22-9-8-18-17(22)24-10-14(23)19-16-21-20-15(25-16)12-6-7-12/h2-5,8-9,12H,6-7,10H2,1H3,(H,19,21,23). The molecule has 0 aliphatic heterocycles. The molecule has 0 bridgehead atoms. The molecule has 1 aliphatic rings. The molecule has 8 heteroatoms. The monoisotopic (exact) mass is 371 g/mol. The van der Waals surface area contributed by atoms with Crippen LogP contribution in [0.25, 0.3) is 5.69 Å². The van der Waals surface area contributed by atoms with Crippen LogP contribution in [0.5, 0.6) is 0 Å². The van der Waals surface area contributed by atoms with Crippen LogP contribution in [0.15, 0.2) is 41.8 Å². The maximum absolute atomic E-state index is 12.2. The van der Waals surface area contributed by atoms with Gasteiger partial charge < -0.3 is 0 Å². The van der Waals surface area contributed by atoms with Gasteiger partial charge in [0.25, 0.3) is 0 Å². The number of thioether (sulfide) groups is 1. The predicted octanol–water partition coefficient (Wildman–Crippen LogP) is 3.64. The van der Waals surface area contributed by atoms with Crippen molar-refractivity contribution in [3.63, 3.8) is 0 Å². The number of para-hydroxylation sites is 1. The van der Waals surface area contributed by atoms with Gasteiger partial charge in [-0.15, -0.1) is 10.2 Å². The number of carbonyl (C=O) groups is 1. The van der Waals surface area contributed by atoms with Crippen molar-refractivity contribution in [3.8, 4) is 5.69 Å². The number of imidazole rings is 1. The largest absolute Gasteiger partial charge is 0.300 e. The Kier molecular flexibility index (Phi) is 4.54. The molecule has 6 nitrogen and oxygen atoms in total. The first kappa shape index (κ1) is 16.3. The number of aromatic nitrogens is 4. The molecular weight excluding hydrogens is 354 g/mol. The van der Waals surface area contributed by atoms with Crippen LogP contribution in [0, 0.1) is 6.92 Å². The summed E-state index contributed by atoms with van der Waals surface area (Å²) in [6, 6.07) is 8.11. The lowest BCUT2D eigenvalue weighted by Crippen LogP contribution is -2.14. The molecular formula is C17H17N5OS2. The van der Waals surface area contributed by atoms with Crippen molar-refractivity contribution in [1.82, 2.24) is 19.7 Å². The van der Waals surface area contributed by atoms with Crippen molar-refractivity contribution in [2.75, 3.05) is 11.1 Å². The Morgan fingerprint density at radius 2 is 2.20 bits per heavy atom. The lowest BCUT2D eigenvalue weighted by Gasteiger charge is -2.09. The molecule has 2 aromatic heterocycles. The van der Waals surface area contributed by atoms with E-state index in [4.69, 9.17) is 0 Å². The number of amides is 1. The van der Waals surface area contributed by atoms with Gasteiger partial charge in [0.15, 0.2) is 5.16 Å². The van der Waals surface area contributed by atoms with Crippen molar-refractivity contribution < 1.29 is 4.79 Å². The van der Waals surface area contributed by atoms with Crippen LogP contribution in [0.2, 0.25) is 0 Å². The first-order valence-corrected chi connectivity index (χ1v) is 9.86. The van der Waals surface area contributed by atoms with Gasteiger partial charge in [0.2, 0.25) is 11.0 Å². The lowest BCUT2D eigenvalue weighted by molar-refractivity contribution is -0.113. The quantitative estimate of drug-likeness (QED) is 0.670. The molecule has 1 saturated carbocycles. The number of hydrogen-bond acceptors (Lipinski definition) is 6. The van der Waals surface area contributed by atoms with Crippen LogP contribution >= 0.6 is 23.1 Å². The van der Waals surface area contributed by atoms with E-state index < -0.39 is 0 Å². The summed E-state index contributed by atoms with van der Waals surface area (Å²) in [5.74, 6) is 0.739. The van der Waals surface area contributed by atoms with E-state index in [-0.39, 0.29) is 11.7 Å². The number of hydrogen-bond donors (Lipinski definition) is 1. The minimum Gasteiger partial charge on any atom is -0.300 e. The van der Waals surface area contributed by atoms with Crippen LogP contribution in [0.1, 0.15) is 29.3 Å². The Bertz CT molecular complexity index is 900. The molecule has 25 heavy (non-hydrogen) atoms. The fraction of sp³-hybridized carbons (Fsp3) is 0.294. The molecule has 4 rings (SSSR count). The van der Waals surface area contributed by atoms with Gasteiger partial charge in [-0.1, -0.05) is 41.3 Å². The van der Waals surface area contributed by atoms with E-state index >= 15 is 0 Å². The maximum atomic E-state index is 12.2. The number of rotatable bonds is 6. The smallest absolute Gasteiger partial charge is 0.236 e. The van der Waals surface area contributed by atoms with Gasteiger partial charge in [-0.2, -0.15) is 0 Å². The molecule has 1 aliphatic carbocycles. The van der Waals surface area contributed by atoms with Gasteiger partial charge in [0, 0.05) is 18.3 Å². The maximum Gasteiger partial charge on any atom is 0.236 e. The fourth-order valence-corrected chi connectivity index (χ4v) is 4.17. The molecule has 1 amide bonds. The third-order valence-electron chi connectivity index (χ3n) is 3.93. The van der Waals surface area contributed by atoms with Gasteiger partial charge in [-0.3, -0.25) is 14.7 Å². The highest BCUT2D eigenvalue weighted by Gasteiger charge is 2.27. The second-order valence-corrected chi connectivity index (χ2v) is 7.87. The SMILES string of the molecule is Cc1ccccc1-n1ccnc1SCC(=O)Nc1nnc(C2CC2)s1. The summed E-state index contributed by atoms with van der Waals surface area (Å²) in [5.41, 5.74) is 2.23. The van der Waals surface area contributed by atoms with Crippen LogP contribution < -0.4 is 5.32 Å². The zero-order valence-electron chi connectivity index (χ0n) is 13.7.